The molecule has 8 unspecified atom stereocenters. The summed E-state index contributed by atoms with van der Waals surface area (Å²) in [6.45, 7) is 4.96. The number of fused-ring (bicyclic) bond motifs is 4. The first-order chi connectivity index (χ1) is 29.3. The lowest BCUT2D eigenvalue weighted by molar-refractivity contribution is -0.235. The van der Waals surface area contributed by atoms with Crippen molar-refractivity contribution in [2.75, 3.05) is 26.9 Å². The number of aliphatic hydroxyl groups excluding tert-OH is 2. The van der Waals surface area contributed by atoms with Gasteiger partial charge in [0.15, 0.2) is 11.8 Å². The highest BCUT2D eigenvalue weighted by molar-refractivity contribution is 5.96. The molecule has 6 aliphatic rings. The molecule has 330 valence electrons. The number of rotatable bonds is 18. The number of ether oxygens (including phenoxy) is 5. The maximum Gasteiger partial charge on any atom is 0.327 e. The van der Waals surface area contributed by atoms with Gasteiger partial charge in [0, 0.05) is 38.1 Å². The van der Waals surface area contributed by atoms with E-state index in [4.69, 9.17) is 28.5 Å². The summed E-state index contributed by atoms with van der Waals surface area (Å²) in [6, 6.07) is 13.8. The number of nitrogens with zero attached hydrogens (tertiary/aromatic N) is 2. The van der Waals surface area contributed by atoms with Crippen molar-refractivity contribution in [3.05, 3.63) is 77.5 Å². The van der Waals surface area contributed by atoms with Gasteiger partial charge in [0.2, 0.25) is 11.8 Å². The summed E-state index contributed by atoms with van der Waals surface area (Å²) >= 11 is 0. The minimum atomic E-state index is -1.54. The van der Waals surface area contributed by atoms with Crippen LogP contribution >= 0.6 is 0 Å². The Hall–Kier alpha value is -4.38. The normalized spacial score (nSPS) is 28.8. The van der Waals surface area contributed by atoms with Gasteiger partial charge in [-0.2, -0.15) is 5.06 Å². The predicted molar refractivity (Wildman–Crippen MR) is 218 cm³/mol. The van der Waals surface area contributed by atoms with Gasteiger partial charge in [-0.3, -0.25) is 24.0 Å². The Kier molecular flexibility index (Phi) is 12.4. The third kappa shape index (κ3) is 8.69. The number of hydroxylamine groups is 2. The highest BCUT2D eigenvalue weighted by Crippen LogP contribution is 2.64. The number of aliphatic hydroxyl groups is 2. The fourth-order valence-corrected chi connectivity index (χ4v) is 9.80. The number of amides is 2. The van der Waals surface area contributed by atoms with Crippen molar-refractivity contribution >= 4 is 29.8 Å². The van der Waals surface area contributed by atoms with Crippen LogP contribution in [-0.4, -0.2) is 125 Å². The molecule has 8 rings (SSSR count). The van der Waals surface area contributed by atoms with Crippen LogP contribution in [0, 0.1) is 17.3 Å². The quantitative estimate of drug-likeness (QED) is 0.113. The third-order valence-electron chi connectivity index (χ3n) is 12.9. The molecule has 8 atom stereocenters. The summed E-state index contributed by atoms with van der Waals surface area (Å²) in [5.74, 6) is -2.53. The molecule has 0 aromatic heterocycles. The lowest BCUT2D eigenvalue weighted by atomic mass is 9.62. The summed E-state index contributed by atoms with van der Waals surface area (Å²) < 4.78 is 31.1. The lowest BCUT2D eigenvalue weighted by Gasteiger charge is -2.50. The lowest BCUT2D eigenvalue weighted by Crippen LogP contribution is -2.70. The van der Waals surface area contributed by atoms with E-state index in [-0.39, 0.29) is 57.3 Å². The smallest absolute Gasteiger partial charge is 0.327 e. The van der Waals surface area contributed by atoms with Crippen LogP contribution in [0.2, 0.25) is 0 Å². The summed E-state index contributed by atoms with van der Waals surface area (Å²) in [7, 11) is 1.57. The first-order valence-electron chi connectivity index (χ1n) is 21.7. The molecule has 3 aliphatic heterocycles. The van der Waals surface area contributed by atoms with Crippen LogP contribution in [0.25, 0.3) is 6.08 Å². The number of hydrogen-bond acceptors (Lipinski definition) is 13. The van der Waals surface area contributed by atoms with Crippen LogP contribution in [0.3, 0.4) is 0 Å². The van der Waals surface area contributed by atoms with Gasteiger partial charge in [-0.25, -0.2) is 0 Å². The Bertz CT molecular complexity index is 1950. The number of nitrogens with one attached hydrogen (secondary N) is 1. The van der Waals surface area contributed by atoms with Crippen LogP contribution in [0.4, 0.5) is 0 Å². The second-order valence-corrected chi connectivity index (χ2v) is 18.4. The average molecular weight is 846 g/mol. The molecule has 3 saturated carbocycles. The van der Waals surface area contributed by atoms with Gasteiger partial charge in [-0.15, -0.1) is 0 Å². The largest absolute Gasteiger partial charge is 0.499 e. The van der Waals surface area contributed by atoms with Gasteiger partial charge in [-0.05, 0) is 75.6 Å². The van der Waals surface area contributed by atoms with E-state index in [0.717, 1.165) is 42.4 Å². The van der Waals surface area contributed by atoms with Crippen molar-refractivity contribution in [1.29, 1.82) is 0 Å². The molecule has 2 aromatic carbocycles. The Morgan fingerprint density at radius 1 is 1.00 bits per heavy atom. The molecular formula is C46H59N3O12. The van der Waals surface area contributed by atoms with Gasteiger partial charge in [0.05, 0.1) is 32.1 Å². The van der Waals surface area contributed by atoms with Crippen molar-refractivity contribution in [3.8, 4) is 0 Å². The standard InChI is InChI=1S/C46H59N3O12/c1-44(2,3)58-36(52)19-18-33(27-51)47-41(53)34(24-28-10-6-5-7-11-28)48(4)43(55)45-25-35-37-38(60-46(59-37,31-14-15-31)32-16-17-32)40(45)61-49(39(45)42(54)57-35)26-30-13-9-8-12-29(30)20-22-56-23-21-50/h5-13,20,22,31-35,37-40,50-51H,14-19,21,23-27H2,1-4H3,(H,47,53). The van der Waals surface area contributed by atoms with Gasteiger partial charge in [0.1, 0.15) is 48.1 Å². The van der Waals surface area contributed by atoms with E-state index in [1.807, 2.05) is 54.6 Å². The zero-order valence-corrected chi connectivity index (χ0v) is 35.4. The highest BCUT2D eigenvalue weighted by Gasteiger charge is 2.78. The number of hydrogen-bond donors (Lipinski definition) is 3. The Morgan fingerprint density at radius 3 is 2.36 bits per heavy atom. The maximum absolute atomic E-state index is 15.8. The molecule has 2 amide bonds. The fourth-order valence-electron chi connectivity index (χ4n) is 9.80. The van der Waals surface area contributed by atoms with Crippen molar-refractivity contribution in [3.63, 3.8) is 0 Å². The molecule has 0 radical (unpaired) electrons. The number of carbonyl (C=O) groups is 4. The van der Waals surface area contributed by atoms with E-state index in [9.17, 15) is 24.6 Å². The highest BCUT2D eigenvalue weighted by atomic mass is 16.8. The predicted octanol–water partition coefficient (Wildman–Crippen LogP) is 3.44. The maximum atomic E-state index is 15.8. The van der Waals surface area contributed by atoms with Gasteiger partial charge in [0.25, 0.3) is 0 Å². The zero-order chi connectivity index (χ0) is 43.1. The molecule has 2 aromatic rings. The van der Waals surface area contributed by atoms with Gasteiger partial charge >= 0.3 is 11.9 Å². The molecule has 0 spiro atoms. The monoisotopic (exact) mass is 845 g/mol. The zero-order valence-electron chi connectivity index (χ0n) is 35.4. The van der Waals surface area contributed by atoms with E-state index in [0.29, 0.717) is 0 Å². The van der Waals surface area contributed by atoms with E-state index in [2.05, 4.69) is 5.32 Å². The first kappa shape index (κ1) is 43.3. The van der Waals surface area contributed by atoms with Crippen LogP contribution in [0.1, 0.15) is 82.4 Å². The van der Waals surface area contributed by atoms with Crippen LogP contribution in [-0.2, 0) is 60.7 Å². The van der Waals surface area contributed by atoms with Crippen molar-refractivity contribution in [2.45, 2.75) is 133 Å². The van der Waals surface area contributed by atoms with Crippen LogP contribution in [0.15, 0.2) is 60.9 Å². The Balaban J connectivity index is 1.13. The third-order valence-corrected chi connectivity index (χ3v) is 12.9. The second kappa shape index (κ2) is 17.4. The topological polar surface area (TPSA) is 183 Å². The molecule has 15 heteroatoms. The van der Waals surface area contributed by atoms with E-state index in [1.165, 1.54) is 11.2 Å². The van der Waals surface area contributed by atoms with Crippen LogP contribution < -0.4 is 5.32 Å². The molecule has 6 fully saturated rings. The minimum absolute atomic E-state index is 0.0352. The van der Waals surface area contributed by atoms with E-state index >= 15 is 4.79 Å². The fraction of sp³-hybridized carbons (Fsp3) is 0.609. The van der Waals surface area contributed by atoms with E-state index < -0.39 is 89.7 Å². The van der Waals surface area contributed by atoms with Crippen molar-refractivity contribution < 1.29 is 57.9 Å². The Labute approximate surface area is 356 Å². The number of likely N-dealkylation sites (N-methyl/N-ethyl adjacent to an activating group) is 1. The summed E-state index contributed by atoms with van der Waals surface area (Å²) in [5.41, 5.74) is 0.120. The molecular weight excluding hydrogens is 787 g/mol. The van der Waals surface area contributed by atoms with Crippen molar-refractivity contribution in [1.82, 2.24) is 15.3 Å². The molecule has 3 N–H and O–H groups in total. The summed E-state index contributed by atoms with van der Waals surface area (Å²) in [6.07, 6.45) is 4.26. The Morgan fingerprint density at radius 2 is 1.69 bits per heavy atom. The van der Waals surface area contributed by atoms with Gasteiger partial charge in [-0.1, -0.05) is 54.6 Å². The van der Waals surface area contributed by atoms with Gasteiger partial charge < -0.3 is 44.1 Å². The van der Waals surface area contributed by atoms with E-state index in [1.54, 1.807) is 39.0 Å². The molecule has 2 bridgehead atoms. The van der Waals surface area contributed by atoms with Crippen molar-refractivity contribution in [2.24, 2.45) is 17.3 Å². The number of esters is 2. The minimum Gasteiger partial charge on any atom is -0.499 e. The first-order valence-corrected chi connectivity index (χ1v) is 21.7. The molecule has 15 nitrogen and oxygen atoms in total. The van der Waals surface area contributed by atoms with Crippen LogP contribution in [0.5, 0.6) is 0 Å². The summed E-state index contributed by atoms with van der Waals surface area (Å²) in [4.78, 5) is 65.7. The average Bonchev–Trinajstić information content (AvgIpc) is 4.19. The SMILES string of the molecule is CN(C(=O)C12CC3OC(=O)C1N(Cc1ccccc1C=COCCO)OC2C1OC(C2CC2)(C2CC2)OC31)C(Cc1ccccc1)C(=O)NC(CO)CCC(=O)OC(C)(C)C. The number of carbonyl (C=O) groups excluding carboxylic acids is 4. The molecule has 3 heterocycles. The number of benzene rings is 2. The molecule has 3 aliphatic carbocycles. The summed E-state index contributed by atoms with van der Waals surface area (Å²) in [5, 5.41) is 24.0. The molecule has 61 heavy (non-hydrogen) atoms. The second-order valence-electron chi connectivity index (χ2n) is 18.4. The molecule has 3 saturated heterocycles.